The third-order valence-electron chi connectivity index (χ3n) is 25.6. The molecule has 0 heterocycles. The Kier molecular flexibility index (Phi) is 24.3. The fraction of sp³-hybridized carbons (Fsp3) is 0.0394. The fourth-order valence-electron chi connectivity index (χ4n) is 18.4. The Hall–Kier alpha value is -17.1. The van der Waals surface area contributed by atoms with E-state index < -0.39 is 0 Å². The van der Waals surface area contributed by atoms with E-state index in [1.165, 1.54) is 149 Å². The van der Waals surface area contributed by atoms with E-state index in [4.69, 9.17) is 0 Å². The van der Waals surface area contributed by atoms with Crippen molar-refractivity contribution in [3.8, 4) is 66.8 Å². The number of hydrogen-bond donors (Lipinski definition) is 0. The molecule has 6 heteroatoms. The lowest BCUT2D eigenvalue weighted by Gasteiger charge is -2.26. The molecule has 0 saturated heterocycles. The topological polar surface area (TPSA) is 19.4 Å². The predicted molar refractivity (Wildman–Crippen MR) is 570 cm³/mol. The lowest BCUT2D eigenvalue weighted by Crippen LogP contribution is -2.10. The number of anilines is 15. The Morgan fingerprint density at radius 1 is 0.135 bits per heavy atom. The van der Waals surface area contributed by atoms with Crippen LogP contribution in [0.3, 0.4) is 0 Å². The van der Waals surface area contributed by atoms with Crippen LogP contribution in [0.15, 0.2) is 516 Å². The number of hydrogen-bond acceptors (Lipinski definition) is 6. The number of benzene rings is 22. The van der Waals surface area contributed by atoms with E-state index in [-0.39, 0.29) is 0 Å². The summed E-state index contributed by atoms with van der Waals surface area (Å²) < 4.78 is 0. The van der Waals surface area contributed by atoms with Crippen LogP contribution < -0.4 is 29.4 Å². The van der Waals surface area contributed by atoms with Crippen molar-refractivity contribution in [2.24, 2.45) is 0 Å². The van der Waals surface area contributed by atoms with Gasteiger partial charge in [-0.1, -0.05) is 345 Å². The monoisotopic (exact) mass is 1710 g/mol. The molecule has 0 saturated carbocycles. The van der Waals surface area contributed by atoms with Crippen LogP contribution in [0.25, 0.3) is 110 Å². The second-order valence-corrected chi connectivity index (χ2v) is 34.0. The van der Waals surface area contributed by atoms with Gasteiger partial charge in [0.05, 0.1) is 0 Å². The number of fused-ring (bicyclic) bond motifs is 2. The van der Waals surface area contributed by atoms with Crippen molar-refractivity contribution in [1.82, 2.24) is 0 Å². The average molecular weight is 1710 g/mol. The maximum atomic E-state index is 2.32. The quantitative estimate of drug-likeness (QED) is 0.0524. The molecule has 0 unspecified atom stereocenters. The van der Waals surface area contributed by atoms with Crippen LogP contribution in [0.2, 0.25) is 0 Å². The second-order valence-electron chi connectivity index (χ2n) is 34.0. The summed E-state index contributed by atoms with van der Waals surface area (Å²) >= 11 is 0. The first-order valence-electron chi connectivity index (χ1n) is 45.6. The Labute approximate surface area is 781 Å². The molecule has 0 aromatic heterocycles. The minimum absolute atomic E-state index is 1.12. The molecule has 6 nitrogen and oxygen atoms in total. The van der Waals surface area contributed by atoms with Crippen molar-refractivity contribution >= 4 is 128 Å². The number of nitrogens with zero attached hydrogens (tertiary/aromatic N) is 6. The molecule has 0 aliphatic rings. The van der Waals surface area contributed by atoms with Gasteiger partial charge in [0.25, 0.3) is 0 Å². The van der Waals surface area contributed by atoms with Gasteiger partial charge in [-0.15, -0.1) is 0 Å². The van der Waals surface area contributed by atoms with Gasteiger partial charge in [0, 0.05) is 112 Å². The Bertz CT molecular complexity index is 7570. The zero-order valence-electron chi connectivity index (χ0n) is 75.3. The summed E-state index contributed by atoms with van der Waals surface area (Å²) in [5.41, 5.74) is 34.2. The van der Waals surface area contributed by atoms with Gasteiger partial charge >= 0.3 is 0 Å². The zero-order chi connectivity index (χ0) is 89.9. The van der Waals surface area contributed by atoms with E-state index in [1.54, 1.807) is 0 Å². The summed E-state index contributed by atoms with van der Waals surface area (Å²) in [6.07, 6.45) is 0. The van der Waals surface area contributed by atoms with Crippen molar-refractivity contribution < 1.29 is 0 Å². The Balaban J connectivity index is 0.000000126. The highest BCUT2D eigenvalue weighted by molar-refractivity contribution is 6.34. The van der Waals surface area contributed by atoms with Gasteiger partial charge in [-0.05, 0) is 300 Å². The molecule has 22 rings (SSSR count). The molecule has 0 aliphatic heterocycles. The van der Waals surface area contributed by atoms with Gasteiger partial charge in [-0.2, -0.15) is 0 Å². The molecule has 0 radical (unpaired) electrons. The molecule has 22 aromatic carbocycles. The van der Waals surface area contributed by atoms with Crippen molar-refractivity contribution in [1.29, 1.82) is 0 Å². The molecular weight excluding hydrogens is 1610 g/mol. The van der Waals surface area contributed by atoms with Crippen LogP contribution in [0, 0.1) is 13.8 Å². The summed E-state index contributed by atoms with van der Waals surface area (Å²) in [6, 6.07) is 185. The first-order chi connectivity index (χ1) is 65.5. The van der Waals surface area contributed by atoms with E-state index in [0.29, 0.717) is 0 Å². The van der Waals surface area contributed by atoms with Crippen LogP contribution >= 0.6 is 0 Å². The summed E-state index contributed by atoms with van der Waals surface area (Å²) in [5.74, 6) is 0. The SMILES string of the molecule is CN(c1ccc(-c2ccc(N(c3ccccc3)c3ccc(-c4ccccc4)cc3)cc2)cc1)c1ccc2c3cccc4cccc(c5cccc1c52)c43.Cc1ccc(N(C)c2ccc(-c3ccc(N(c4ccccc4)c4ccc(-c5ccccc5)cc4)cc3)cc2)cc1.Cc1cccc(N(C)c2ccc(-c3ccc(N(c4ccccc4)c4ccc(-c5ccccc5)cc4)cc3)cc2)c1. The van der Waals surface area contributed by atoms with Crippen molar-refractivity contribution in [3.05, 3.63) is 527 Å². The number of para-hydroxylation sites is 3. The van der Waals surface area contributed by atoms with Gasteiger partial charge < -0.3 is 29.4 Å². The first kappa shape index (κ1) is 84.1. The molecule has 0 atom stereocenters. The van der Waals surface area contributed by atoms with E-state index >= 15 is 0 Å². The Morgan fingerprint density at radius 2 is 0.353 bits per heavy atom. The maximum absolute atomic E-state index is 2.32. The van der Waals surface area contributed by atoms with E-state index in [1.807, 2.05) is 0 Å². The average Bonchev–Trinajstić information content (AvgIpc) is 0.715. The van der Waals surface area contributed by atoms with Crippen LogP contribution in [0.1, 0.15) is 11.1 Å². The Morgan fingerprint density at radius 3 is 0.662 bits per heavy atom. The molecule has 0 fully saturated rings. The predicted octanol–water partition coefficient (Wildman–Crippen LogP) is 35.4. The van der Waals surface area contributed by atoms with Gasteiger partial charge in [0.2, 0.25) is 0 Å². The molecule has 0 aliphatic carbocycles. The highest BCUT2D eigenvalue weighted by Gasteiger charge is 2.21. The standard InChI is InChI=1S/C51H36N2.2C38H32N2/c1-52(49-34-33-47-45-18-9-14-39-13-8-17-44(50(39)45)46-19-10-20-48(49)51(46)47)40-27-21-37(22-28-40)38-25-31-43(32-26-38)53(41-15-6-3-7-16-41)42-29-23-36(24-30-42)35-11-4-2-5-12-35;1-29-10-9-15-38(28-29)39(2)34-22-16-32(17-23-34)33-20-26-37(27-21-33)40(35-13-7-4-8-14-35)36-24-18-31(19-25-36)30-11-5-3-6-12-30;1-29-13-21-34(22-14-29)39(2)35-23-15-32(16-24-35)33-19-27-38(28-20-33)40(36-11-7-4-8-12-36)37-25-17-31(18-26-37)30-9-5-3-6-10-30/h2-34H,1H3;2*3-28H,1-2H3. The number of rotatable bonds is 21. The van der Waals surface area contributed by atoms with Gasteiger partial charge in [-0.25, -0.2) is 0 Å². The molecule has 638 valence electrons. The smallest absolute Gasteiger partial charge is 0.0488 e. The summed E-state index contributed by atoms with van der Waals surface area (Å²) in [7, 11) is 6.40. The molecule has 22 aromatic rings. The summed E-state index contributed by atoms with van der Waals surface area (Å²) in [4.78, 5) is 13.7. The highest BCUT2D eigenvalue weighted by atomic mass is 15.2. The summed E-state index contributed by atoms with van der Waals surface area (Å²) in [6.45, 7) is 4.24. The normalized spacial score (nSPS) is 11.0. The van der Waals surface area contributed by atoms with Crippen LogP contribution in [0.4, 0.5) is 85.3 Å². The molecule has 0 amide bonds. The van der Waals surface area contributed by atoms with Crippen LogP contribution in [-0.2, 0) is 0 Å². The maximum Gasteiger partial charge on any atom is 0.0488 e. The highest BCUT2D eigenvalue weighted by Crippen LogP contribution is 2.47. The largest absolute Gasteiger partial charge is 0.345 e. The van der Waals surface area contributed by atoms with Crippen LogP contribution in [0.5, 0.6) is 0 Å². The fourth-order valence-corrected chi connectivity index (χ4v) is 18.4. The minimum atomic E-state index is 1.12. The number of aryl methyl sites for hydroxylation is 2. The van der Waals surface area contributed by atoms with Crippen molar-refractivity contribution in [2.75, 3.05) is 50.5 Å². The van der Waals surface area contributed by atoms with Gasteiger partial charge in [0.1, 0.15) is 0 Å². The molecule has 0 spiro atoms. The van der Waals surface area contributed by atoms with Crippen LogP contribution in [-0.4, -0.2) is 21.1 Å². The molecular formula is C127H100N6. The minimum Gasteiger partial charge on any atom is -0.345 e. The second kappa shape index (κ2) is 38.5. The third-order valence-corrected chi connectivity index (χ3v) is 25.6. The summed E-state index contributed by atoms with van der Waals surface area (Å²) in [5, 5.41) is 10.5. The van der Waals surface area contributed by atoms with E-state index in [9.17, 15) is 0 Å². The molecule has 0 bridgehead atoms. The van der Waals surface area contributed by atoms with Crippen molar-refractivity contribution in [2.45, 2.75) is 13.8 Å². The van der Waals surface area contributed by atoms with Gasteiger partial charge in [0.15, 0.2) is 0 Å². The van der Waals surface area contributed by atoms with Crippen molar-refractivity contribution in [3.63, 3.8) is 0 Å². The lowest BCUT2D eigenvalue weighted by molar-refractivity contribution is 1.20. The van der Waals surface area contributed by atoms with Gasteiger partial charge in [-0.3, -0.25) is 0 Å². The third kappa shape index (κ3) is 18.2. The van der Waals surface area contributed by atoms with E-state index in [2.05, 4.69) is 580 Å². The lowest BCUT2D eigenvalue weighted by atomic mass is 9.89. The molecule has 133 heavy (non-hydrogen) atoms. The first-order valence-corrected chi connectivity index (χ1v) is 45.6. The zero-order valence-corrected chi connectivity index (χ0v) is 75.3. The van der Waals surface area contributed by atoms with E-state index in [0.717, 1.165) is 56.9 Å². The molecule has 0 N–H and O–H groups in total.